The van der Waals surface area contributed by atoms with Crippen LogP contribution in [0.1, 0.15) is 65.7 Å². The summed E-state index contributed by atoms with van der Waals surface area (Å²) in [5.74, 6) is 1.60. The van der Waals surface area contributed by atoms with Crippen LogP contribution in [0.25, 0.3) is 11.3 Å². The van der Waals surface area contributed by atoms with Gasteiger partial charge in [-0.1, -0.05) is 24.3 Å². The smallest absolute Gasteiger partial charge is 0.484 e. The molecular formula is C31H45BN4O6. The third kappa shape index (κ3) is 6.29. The van der Waals surface area contributed by atoms with Gasteiger partial charge in [0.15, 0.2) is 5.90 Å². The van der Waals surface area contributed by atoms with Crippen molar-refractivity contribution in [3.63, 3.8) is 0 Å². The molecule has 1 aromatic heterocycles. The fourth-order valence-corrected chi connectivity index (χ4v) is 6.05. The van der Waals surface area contributed by atoms with E-state index in [2.05, 4.69) is 32.7 Å². The highest BCUT2D eigenvalue weighted by Crippen LogP contribution is 2.38. The van der Waals surface area contributed by atoms with Crippen molar-refractivity contribution in [3.8, 4) is 11.3 Å². The molecule has 0 bridgehead atoms. The predicted octanol–water partition coefficient (Wildman–Crippen LogP) is 3.77. The molecule has 3 aliphatic rings. The van der Waals surface area contributed by atoms with Gasteiger partial charge in [0.05, 0.1) is 42.9 Å². The van der Waals surface area contributed by atoms with Crippen molar-refractivity contribution in [1.82, 2.24) is 14.9 Å². The maximum Gasteiger partial charge on any atom is 0.494 e. The number of hydrogen-bond acceptors (Lipinski definition) is 8. The first-order valence-corrected chi connectivity index (χ1v) is 15.0. The lowest BCUT2D eigenvalue weighted by Crippen LogP contribution is -2.44. The summed E-state index contributed by atoms with van der Waals surface area (Å²) in [6, 6.07) is 7.45. The van der Waals surface area contributed by atoms with Crippen LogP contribution in [0.3, 0.4) is 0 Å². The summed E-state index contributed by atoms with van der Waals surface area (Å²) in [5, 5.41) is 0. The Morgan fingerprint density at radius 1 is 1.14 bits per heavy atom. The summed E-state index contributed by atoms with van der Waals surface area (Å²) < 4.78 is 28.9. The van der Waals surface area contributed by atoms with Crippen LogP contribution in [0.15, 0.2) is 35.5 Å². The molecule has 42 heavy (non-hydrogen) atoms. The van der Waals surface area contributed by atoms with Gasteiger partial charge in [-0.2, -0.15) is 0 Å². The van der Waals surface area contributed by atoms with Crippen molar-refractivity contribution < 1.29 is 28.3 Å². The Hall–Kier alpha value is -2.73. The van der Waals surface area contributed by atoms with Crippen LogP contribution >= 0.6 is 0 Å². The fraction of sp³-hybridized carbons (Fsp3) is 0.645. The number of likely N-dealkylation sites (tertiary alicyclic amines) is 1. The topological polar surface area (TPSA) is 108 Å². The Morgan fingerprint density at radius 3 is 2.43 bits per heavy atom. The highest BCUT2D eigenvalue weighted by Gasteiger charge is 2.51. The molecule has 5 rings (SSSR count). The number of nitrogens with zero attached hydrogens (tertiary/aromatic N) is 3. The van der Waals surface area contributed by atoms with Crippen LogP contribution in [0, 0.1) is 11.8 Å². The molecule has 10 nitrogen and oxygen atoms in total. The Balaban J connectivity index is 1.36. The lowest BCUT2D eigenvalue weighted by Gasteiger charge is -2.32. The number of carbonyl (C=O) groups excluding carboxylic acids is 1. The molecule has 4 heterocycles. The number of carbonyl (C=O) groups is 1. The second kappa shape index (κ2) is 12.5. The van der Waals surface area contributed by atoms with Crippen molar-refractivity contribution in [1.29, 1.82) is 0 Å². The first kappa shape index (κ1) is 30.7. The zero-order chi connectivity index (χ0) is 30.1. The molecule has 0 radical (unpaired) electrons. The Bertz CT molecular complexity index is 1240. The molecule has 228 valence electrons. The number of rotatable bonds is 8. The van der Waals surface area contributed by atoms with E-state index in [1.165, 1.54) is 0 Å². The third-order valence-electron chi connectivity index (χ3n) is 9.31. The molecular weight excluding hydrogens is 535 g/mol. The second-order valence-corrected chi connectivity index (χ2v) is 12.7. The molecule has 3 saturated heterocycles. The number of imidazole rings is 1. The summed E-state index contributed by atoms with van der Waals surface area (Å²) in [7, 11) is 2.88. The van der Waals surface area contributed by atoms with Crippen LogP contribution < -0.4 is 5.46 Å². The normalized spacial score (nSPS) is 25.2. The molecule has 1 N–H and O–H groups in total. The van der Waals surface area contributed by atoms with Gasteiger partial charge in [-0.05, 0) is 63.9 Å². The van der Waals surface area contributed by atoms with Gasteiger partial charge in [-0.3, -0.25) is 4.79 Å². The Morgan fingerprint density at radius 2 is 1.81 bits per heavy atom. The molecule has 0 spiro atoms. The minimum absolute atomic E-state index is 0.00613. The van der Waals surface area contributed by atoms with E-state index in [1.807, 2.05) is 35.4 Å². The van der Waals surface area contributed by atoms with E-state index in [-0.39, 0.29) is 23.8 Å². The SMILES string of the molecule is COCC1CC(c2ncc(-c3ccc(B4OC(C)(C)C(C)(C)O4)cc3)[nH]2)N(C(=O)C(N=C(C)OC)C2CCOCC2)C1. The highest BCUT2D eigenvalue weighted by molar-refractivity contribution is 6.62. The van der Waals surface area contributed by atoms with Crippen LogP contribution in [-0.4, -0.2) is 91.6 Å². The molecule has 0 saturated carbocycles. The molecule has 1 aromatic carbocycles. The van der Waals surface area contributed by atoms with Crippen LogP contribution in [0.2, 0.25) is 0 Å². The van der Waals surface area contributed by atoms with E-state index in [4.69, 9.17) is 33.5 Å². The lowest BCUT2D eigenvalue weighted by atomic mass is 9.79. The molecule has 11 heteroatoms. The lowest BCUT2D eigenvalue weighted by molar-refractivity contribution is -0.136. The first-order valence-electron chi connectivity index (χ1n) is 15.0. The molecule has 0 aliphatic carbocycles. The van der Waals surface area contributed by atoms with Crippen molar-refractivity contribution in [2.45, 2.75) is 77.2 Å². The monoisotopic (exact) mass is 580 g/mol. The number of aliphatic imine (C=N–C) groups is 1. The molecule has 3 unspecified atom stereocenters. The van der Waals surface area contributed by atoms with Gasteiger partial charge in [0, 0.05) is 39.7 Å². The number of hydrogen-bond donors (Lipinski definition) is 1. The third-order valence-corrected chi connectivity index (χ3v) is 9.31. The summed E-state index contributed by atoms with van der Waals surface area (Å²) in [4.78, 5) is 29.1. The van der Waals surface area contributed by atoms with E-state index < -0.39 is 24.4 Å². The maximum atomic E-state index is 14.2. The van der Waals surface area contributed by atoms with Crippen molar-refractivity contribution >= 4 is 24.4 Å². The number of nitrogens with one attached hydrogen (secondary N) is 1. The zero-order valence-corrected chi connectivity index (χ0v) is 26.0. The Kier molecular flexibility index (Phi) is 9.13. The zero-order valence-electron chi connectivity index (χ0n) is 26.0. The molecule has 1 amide bonds. The summed E-state index contributed by atoms with van der Waals surface area (Å²) in [6.07, 6.45) is 4.20. The van der Waals surface area contributed by atoms with E-state index in [0.29, 0.717) is 32.3 Å². The standard InChI is InChI=1S/C31H45BN4O6/c1-20(39-7)34-27(23-12-14-40-15-13-23)29(37)36-18-21(19-38-6)16-26(36)28-33-17-25(35-28)22-8-10-24(11-9-22)32-41-30(2,3)31(4,5)42-32/h8-11,17,21,23,26-27H,12-16,18-19H2,1-7H3,(H,33,35). The van der Waals surface area contributed by atoms with E-state index >= 15 is 0 Å². The average molecular weight is 581 g/mol. The average Bonchev–Trinajstić information content (AvgIpc) is 3.68. The molecule has 2 aromatic rings. The van der Waals surface area contributed by atoms with Crippen LogP contribution in [0.4, 0.5) is 0 Å². The number of ether oxygens (including phenoxy) is 3. The number of aromatic nitrogens is 2. The van der Waals surface area contributed by atoms with E-state index in [1.54, 1.807) is 21.1 Å². The van der Waals surface area contributed by atoms with Gasteiger partial charge >= 0.3 is 7.12 Å². The second-order valence-electron chi connectivity index (χ2n) is 12.7. The van der Waals surface area contributed by atoms with Gasteiger partial charge in [0.1, 0.15) is 11.9 Å². The largest absolute Gasteiger partial charge is 0.494 e. The van der Waals surface area contributed by atoms with Gasteiger partial charge in [-0.15, -0.1) is 0 Å². The summed E-state index contributed by atoms with van der Waals surface area (Å²) in [6.45, 7) is 12.5. The Labute approximate surface area is 249 Å². The minimum Gasteiger partial charge on any atom is -0.484 e. The highest BCUT2D eigenvalue weighted by atomic mass is 16.7. The summed E-state index contributed by atoms with van der Waals surface area (Å²) in [5.41, 5.74) is 2.08. The first-order chi connectivity index (χ1) is 20.0. The van der Waals surface area contributed by atoms with Crippen LogP contribution in [0.5, 0.6) is 0 Å². The number of amides is 1. The predicted molar refractivity (Wildman–Crippen MR) is 162 cm³/mol. The number of aromatic amines is 1. The molecule has 3 aliphatic heterocycles. The van der Waals surface area contributed by atoms with Crippen molar-refractivity contribution in [2.75, 3.05) is 40.6 Å². The molecule has 3 fully saturated rings. The van der Waals surface area contributed by atoms with Gasteiger partial charge in [-0.25, -0.2) is 9.98 Å². The van der Waals surface area contributed by atoms with E-state index in [9.17, 15) is 4.79 Å². The van der Waals surface area contributed by atoms with Gasteiger partial charge < -0.3 is 33.4 Å². The maximum absolute atomic E-state index is 14.2. The summed E-state index contributed by atoms with van der Waals surface area (Å²) >= 11 is 0. The van der Waals surface area contributed by atoms with Crippen LogP contribution in [-0.2, 0) is 28.3 Å². The molecule has 3 atom stereocenters. The fourth-order valence-electron chi connectivity index (χ4n) is 6.05. The number of benzene rings is 1. The minimum atomic E-state index is -0.519. The van der Waals surface area contributed by atoms with Gasteiger partial charge in [0.2, 0.25) is 5.91 Å². The number of methoxy groups -OCH3 is 2. The van der Waals surface area contributed by atoms with E-state index in [0.717, 1.165) is 41.8 Å². The quantitative estimate of drug-likeness (QED) is 0.288. The van der Waals surface area contributed by atoms with Crippen molar-refractivity contribution in [3.05, 3.63) is 36.3 Å². The van der Waals surface area contributed by atoms with Gasteiger partial charge in [0.25, 0.3) is 0 Å². The van der Waals surface area contributed by atoms with Crippen molar-refractivity contribution in [2.24, 2.45) is 16.8 Å². The number of H-pyrrole nitrogens is 1.